The van der Waals surface area contributed by atoms with Crippen LogP contribution >= 0.6 is 0 Å². The third-order valence-electron chi connectivity index (χ3n) is 4.08. The fourth-order valence-electron chi connectivity index (χ4n) is 2.21. The molecule has 0 aliphatic carbocycles. The van der Waals surface area contributed by atoms with Crippen LogP contribution in [0.25, 0.3) is 10.6 Å². The molecule has 0 atom stereocenters. The van der Waals surface area contributed by atoms with E-state index in [0.717, 1.165) is 22.3 Å². The summed E-state index contributed by atoms with van der Waals surface area (Å²) in [7, 11) is 3.04. The number of hydrogen-bond donors (Lipinski definition) is 0. The molecule has 0 fully saturated rings. The second kappa shape index (κ2) is 14.8. The molecular formula is C20H24Cl2N2O2Zr. The van der Waals surface area contributed by atoms with E-state index in [1.807, 2.05) is 52.0 Å². The van der Waals surface area contributed by atoms with Crippen LogP contribution in [0.4, 0.5) is 0 Å². The minimum absolute atomic E-state index is 0. The summed E-state index contributed by atoms with van der Waals surface area (Å²) in [4.78, 5) is 22.4. The Morgan fingerprint density at radius 3 is 1.22 bits per heavy atom. The minimum Gasteiger partial charge on any atom is -1.00 e. The van der Waals surface area contributed by atoms with Crippen molar-refractivity contribution >= 4 is 11.8 Å². The van der Waals surface area contributed by atoms with Crippen molar-refractivity contribution in [1.29, 1.82) is 0 Å². The quantitative estimate of drug-likeness (QED) is 0.541. The number of carbonyl (C=O) groups is 2. The van der Waals surface area contributed by atoms with Crippen molar-refractivity contribution in [2.24, 2.45) is 0 Å². The Kier molecular flexibility index (Phi) is 16.8. The summed E-state index contributed by atoms with van der Waals surface area (Å²) >= 11 is 0. The summed E-state index contributed by atoms with van der Waals surface area (Å²) in [6, 6.07) is 11.3. The van der Waals surface area contributed by atoms with Crippen LogP contribution in [-0.4, -0.2) is 25.9 Å². The molecule has 4 nitrogen and oxygen atoms in total. The first-order chi connectivity index (χ1) is 11.3. The molecular weight excluding hydrogens is 462 g/mol. The van der Waals surface area contributed by atoms with Gasteiger partial charge in [0.2, 0.25) is 0 Å². The average molecular weight is 487 g/mol. The molecule has 0 N–H and O–H groups in total. The first kappa shape index (κ1) is 30.6. The number of amides is 2. The summed E-state index contributed by atoms with van der Waals surface area (Å²) in [5.74, 6) is -0.285. The Bertz CT molecular complexity index is 689. The van der Waals surface area contributed by atoms with Gasteiger partial charge in [-0.2, -0.15) is 0 Å². The summed E-state index contributed by atoms with van der Waals surface area (Å²) in [6.45, 7) is 7.85. The fourth-order valence-corrected chi connectivity index (χ4v) is 2.21. The van der Waals surface area contributed by atoms with Crippen molar-refractivity contribution in [3.05, 3.63) is 80.4 Å². The van der Waals surface area contributed by atoms with Crippen molar-refractivity contribution in [3.8, 4) is 0 Å². The number of aryl methyl sites for hydroxylation is 2. The van der Waals surface area contributed by atoms with Crippen LogP contribution in [0.3, 0.4) is 0 Å². The van der Waals surface area contributed by atoms with E-state index in [1.165, 1.54) is 14.1 Å². The molecule has 0 unspecified atom stereocenters. The van der Waals surface area contributed by atoms with Gasteiger partial charge < -0.3 is 45.0 Å². The molecule has 0 heterocycles. The topological polar surface area (TPSA) is 62.3 Å². The van der Waals surface area contributed by atoms with E-state index in [2.05, 4.69) is 10.6 Å². The number of nitrogens with zero attached hydrogens (tertiary/aromatic N) is 2. The SMILES string of the molecule is C[N-]C(=O)c1cccc(C)c1C.C[N-]C(=O)c1cccc(C)c1C.[Cl-].[Cl-].[Zr+4]. The number of carbonyl (C=O) groups excluding carboxylic acids is 2. The van der Waals surface area contributed by atoms with Crippen molar-refractivity contribution < 1.29 is 60.6 Å². The first-order valence-electron chi connectivity index (χ1n) is 7.74. The van der Waals surface area contributed by atoms with E-state index in [-0.39, 0.29) is 62.8 Å². The second-order valence-corrected chi connectivity index (χ2v) is 5.55. The number of halogens is 2. The Labute approximate surface area is 193 Å². The molecule has 2 aromatic rings. The number of rotatable bonds is 2. The maximum Gasteiger partial charge on any atom is 4.00 e. The van der Waals surface area contributed by atoms with Gasteiger partial charge >= 0.3 is 26.2 Å². The number of hydrogen-bond acceptors (Lipinski definition) is 2. The fraction of sp³-hybridized carbons (Fsp3) is 0.300. The molecule has 0 spiro atoms. The normalized spacial score (nSPS) is 8.52. The Hall–Kier alpha value is -1.16. The zero-order valence-electron chi connectivity index (χ0n) is 16.4. The zero-order chi connectivity index (χ0) is 18.3. The Morgan fingerprint density at radius 1 is 0.667 bits per heavy atom. The average Bonchev–Trinajstić information content (AvgIpc) is 2.59. The second-order valence-electron chi connectivity index (χ2n) is 5.55. The van der Waals surface area contributed by atoms with Crippen molar-refractivity contribution in [2.45, 2.75) is 27.7 Å². The van der Waals surface area contributed by atoms with E-state index >= 15 is 0 Å². The van der Waals surface area contributed by atoms with Gasteiger partial charge in [0.1, 0.15) is 0 Å². The van der Waals surface area contributed by atoms with E-state index in [4.69, 9.17) is 0 Å². The molecule has 0 saturated heterocycles. The van der Waals surface area contributed by atoms with Crippen LogP contribution in [0.5, 0.6) is 0 Å². The van der Waals surface area contributed by atoms with E-state index in [0.29, 0.717) is 11.1 Å². The molecule has 0 saturated carbocycles. The largest absolute Gasteiger partial charge is 4.00 e. The third kappa shape index (κ3) is 8.59. The summed E-state index contributed by atoms with van der Waals surface area (Å²) < 4.78 is 0. The molecule has 0 aliphatic rings. The first-order valence-corrected chi connectivity index (χ1v) is 7.74. The maximum absolute atomic E-state index is 11.2. The van der Waals surface area contributed by atoms with E-state index < -0.39 is 0 Å². The molecule has 144 valence electrons. The van der Waals surface area contributed by atoms with Crippen molar-refractivity contribution in [3.63, 3.8) is 0 Å². The maximum atomic E-state index is 11.2. The molecule has 7 heteroatoms. The summed E-state index contributed by atoms with van der Waals surface area (Å²) in [6.07, 6.45) is 0. The van der Waals surface area contributed by atoms with Gasteiger partial charge in [0.25, 0.3) is 0 Å². The summed E-state index contributed by atoms with van der Waals surface area (Å²) in [5, 5.41) is 7.24. The van der Waals surface area contributed by atoms with Gasteiger partial charge in [-0.25, -0.2) is 0 Å². The van der Waals surface area contributed by atoms with E-state index in [1.54, 1.807) is 12.1 Å². The van der Waals surface area contributed by atoms with Gasteiger partial charge in [0.15, 0.2) is 0 Å². The predicted octanol–water partition coefficient (Wildman–Crippen LogP) is -1.10. The Balaban J connectivity index is -0.000000384. The smallest absolute Gasteiger partial charge is 1.00 e. The number of benzene rings is 2. The predicted molar refractivity (Wildman–Crippen MR) is 99.1 cm³/mol. The van der Waals surface area contributed by atoms with Crippen molar-refractivity contribution in [1.82, 2.24) is 0 Å². The van der Waals surface area contributed by atoms with Crippen LogP contribution in [0.2, 0.25) is 0 Å². The molecule has 2 amide bonds. The monoisotopic (exact) mass is 484 g/mol. The van der Waals surface area contributed by atoms with Crippen LogP contribution in [0.1, 0.15) is 43.0 Å². The van der Waals surface area contributed by atoms with Gasteiger partial charge in [-0.3, -0.25) is 0 Å². The molecule has 0 aromatic heterocycles. The third-order valence-corrected chi connectivity index (χ3v) is 4.08. The van der Waals surface area contributed by atoms with E-state index in [9.17, 15) is 9.59 Å². The van der Waals surface area contributed by atoms with Crippen LogP contribution in [-0.2, 0) is 26.2 Å². The minimum atomic E-state index is -0.142. The molecule has 0 radical (unpaired) electrons. The molecule has 27 heavy (non-hydrogen) atoms. The molecule has 2 rings (SSSR count). The van der Waals surface area contributed by atoms with Crippen molar-refractivity contribution in [2.75, 3.05) is 14.1 Å². The molecule has 0 aliphatic heterocycles. The molecule has 0 bridgehead atoms. The van der Waals surface area contributed by atoms with Crippen LogP contribution < -0.4 is 24.8 Å². The molecule has 2 aromatic carbocycles. The van der Waals surface area contributed by atoms with Crippen LogP contribution in [0, 0.1) is 27.7 Å². The zero-order valence-corrected chi connectivity index (χ0v) is 20.4. The van der Waals surface area contributed by atoms with Gasteiger partial charge in [-0.15, -0.1) is 14.1 Å². The van der Waals surface area contributed by atoms with Gasteiger partial charge in [-0.1, -0.05) is 36.4 Å². The summed E-state index contributed by atoms with van der Waals surface area (Å²) in [5.41, 5.74) is 5.71. The van der Waals surface area contributed by atoms with Gasteiger partial charge in [-0.05, 0) is 49.9 Å². The van der Waals surface area contributed by atoms with Gasteiger partial charge in [0.05, 0.1) is 11.8 Å². The Morgan fingerprint density at radius 2 is 0.963 bits per heavy atom. The van der Waals surface area contributed by atoms with Gasteiger partial charge in [0, 0.05) is 11.1 Å². The standard InChI is InChI=1S/2C10H13NO.2ClH.Zr/c2*1-7-5-4-6-9(8(7)2)10(12)11-3;;;/h2*4-6H,1-3H3,(H,11,12);2*1H;/q;;;;+4/p-4. The van der Waals surface area contributed by atoms with Crippen LogP contribution in [0.15, 0.2) is 36.4 Å².